The van der Waals surface area contributed by atoms with Gasteiger partial charge in [0, 0.05) is 6.42 Å². The van der Waals surface area contributed by atoms with Crippen LogP contribution in [0.25, 0.3) is 0 Å². The smallest absolute Gasteiger partial charge is 0.306 e. The zero-order valence-corrected chi connectivity index (χ0v) is 7.30. The first-order valence-corrected chi connectivity index (χ1v) is 4.43. The second kappa shape index (κ2) is 3.74. The van der Waals surface area contributed by atoms with Crippen molar-refractivity contribution in [3.8, 4) is 0 Å². The highest BCUT2D eigenvalue weighted by atomic mass is 16.5. The van der Waals surface area contributed by atoms with Crippen LogP contribution in [-0.4, -0.2) is 12.1 Å². The normalized spacial score (nSPS) is 31.6. The Morgan fingerprint density at radius 2 is 2.36 bits per heavy atom. The number of carbonyl (C=O) groups is 1. The molecule has 1 aliphatic rings. The standard InChI is InChI=1S/C9H16O2/c1-3-4-8-7(2)5-6-9(10)11-8/h7-8H,3-6H2,1-2H3/t7-,8+/m1/s1. The summed E-state index contributed by atoms with van der Waals surface area (Å²) in [4.78, 5) is 10.9. The minimum absolute atomic E-state index is 0.0125. The number of carbonyl (C=O) groups excluding carboxylic acids is 1. The Bertz CT molecular complexity index is 142. The van der Waals surface area contributed by atoms with E-state index in [-0.39, 0.29) is 12.1 Å². The molecule has 0 saturated carbocycles. The highest BCUT2D eigenvalue weighted by Gasteiger charge is 2.26. The average Bonchev–Trinajstić information content (AvgIpc) is 1.98. The largest absolute Gasteiger partial charge is 0.462 e. The molecule has 0 aliphatic carbocycles. The molecular weight excluding hydrogens is 140 g/mol. The summed E-state index contributed by atoms with van der Waals surface area (Å²) < 4.78 is 5.20. The third-order valence-electron chi connectivity index (χ3n) is 2.29. The van der Waals surface area contributed by atoms with Crippen LogP contribution in [0.15, 0.2) is 0 Å². The van der Waals surface area contributed by atoms with Crippen molar-refractivity contribution in [2.24, 2.45) is 5.92 Å². The molecule has 1 saturated heterocycles. The first-order chi connectivity index (χ1) is 5.24. The molecule has 0 unspecified atom stereocenters. The Balaban J connectivity index is 2.40. The molecule has 0 radical (unpaired) electrons. The fourth-order valence-corrected chi connectivity index (χ4v) is 1.50. The molecule has 0 bridgehead atoms. The second-order valence-corrected chi connectivity index (χ2v) is 3.33. The Labute approximate surface area is 67.9 Å². The number of cyclic esters (lactones) is 1. The van der Waals surface area contributed by atoms with Crippen molar-refractivity contribution in [3.05, 3.63) is 0 Å². The van der Waals surface area contributed by atoms with E-state index in [1.54, 1.807) is 0 Å². The van der Waals surface area contributed by atoms with Crippen molar-refractivity contribution in [1.29, 1.82) is 0 Å². The SMILES string of the molecule is CCC[C@@H]1OC(=O)CC[C@H]1C. The van der Waals surface area contributed by atoms with Crippen LogP contribution in [0.5, 0.6) is 0 Å². The lowest BCUT2D eigenvalue weighted by molar-refractivity contribution is -0.158. The molecule has 0 amide bonds. The number of hydrogen-bond donors (Lipinski definition) is 0. The third kappa shape index (κ3) is 2.21. The van der Waals surface area contributed by atoms with E-state index in [1.165, 1.54) is 0 Å². The van der Waals surface area contributed by atoms with Crippen LogP contribution in [0.4, 0.5) is 0 Å². The molecule has 0 aromatic heterocycles. The van der Waals surface area contributed by atoms with Crippen molar-refractivity contribution >= 4 is 5.97 Å². The molecule has 11 heavy (non-hydrogen) atoms. The number of hydrogen-bond acceptors (Lipinski definition) is 2. The predicted octanol–water partition coefficient (Wildman–Crippen LogP) is 2.13. The fraction of sp³-hybridized carbons (Fsp3) is 0.889. The van der Waals surface area contributed by atoms with Gasteiger partial charge in [0.05, 0.1) is 0 Å². The Morgan fingerprint density at radius 1 is 1.64 bits per heavy atom. The molecule has 1 aliphatic heterocycles. The van der Waals surface area contributed by atoms with Gasteiger partial charge < -0.3 is 4.74 Å². The molecule has 2 atom stereocenters. The van der Waals surface area contributed by atoms with Crippen molar-refractivity contribution in [3.63, 3.8) is 0 Å². The van der Waals surface area contributed by atoms with Crippen LogP contribution in [0.1, 0.15) is 39.5 Å². The lowest BCUT2D eigenvalue weighted by Gasteiger charge is -2.28. The highest BCUT2D eigenvalue weighted by Crippen LogP contribution is 2.23. The van der Waals surface area contributed by atoms with Gasteiger partial charge in [0.1, 0.15) is 6.10 Å². The maximum absolute atomic E-state index is 10.9. The molecule has 0 aromatic rings. The van der Waals surface area contributed by atoms with Crippen LogP contribution in [0.3, 0.4) is 0 Å². The molecule has 1 fully saturated rings. The van der Waals surface area contributed by atoms with Gasteiger partial charge in [-0.15, -0.1) is 0 Å². The zero-order valence-electron chi connectivity index (χ0n) is 7.30. The van der Waals surface area contributed by atoms with E-state index in [0.717, 1.165) is 19.3 Å². The lowest BCUT2D eigenvalue weighted by Crippen LogP contribution is -2.30. The molecule has 1 rings (SSSR count). The summed E-state index contributed by atoms with van der Waals surface area (Å²) >= 11 is 0. The van der Waals surface area contributed by atoms with Gasteiger partial charge in [0.25, 0.3) is 0 Å². The Hall–Kier alpha value is -0.530. The van der Waals surface area contributed by atoms with Crippen molar-refractivity contribution < 1.29 is 9.53 Å². The molecular formula is C9H16O2. The van der Waals surface area contributed by atoms with E-state index in [4.69, 9.17) is 4.74 Å². The van der Waals surface area contributed by atoms with Crippen molar-refractivity contribution in [2.45, 2.75) is 45.6 Å². The van der Waals surface area contributed by atoms with Gasteiger partial charge in [0.2, 0.25) is 0 Å². The summed E-state index contributed by atoms with van der Waals surface area (Å²) in [7, 11) is 0. The van der Waals surface area contributed by atoms with Gasteiger partial charge in [-0.25, -0.2) is 0 Å². The molecule has 64 valence electrons. The van der Waals surface area contributed by atoms with E-state index in [0.29, 0.717) is 12.3 Å². The Kier molecular flexibility index (Phi) is 2.92. The molecule has 0 N–H and O–H groups in total. The van der Waals surface area contributed by atoms with E-state index in [2.05, 4.69) is 13.8 Å². The lowest BCUT2D eigenvalue weighted by atomic mass is 9.93. The van der Waals surface area contributed by atoms with Gasteiger partial charge in [-0.1, -0.05) is 20.3 Å². The summed E-state index contributed by atoms with van der Waals surface area (Å²) in [5.74, 6) is 0.550. The van der Waals surface area contributed by atoms with E-state index < -0.39 is 0 Å². The van der Waals surface area contributed by atoms with E-state index in [1.807, 2.05) is 0 Å². The van der Waals surface area contributed by atoms with Crippen molar-refractivity contribution in [1.82, 2.24) is 0 Å². The fourth-order valence-electron chi connectivity index (χ4n) is 1.50. The second-order valence-electron chi connectivity index (χ2n) is 3.33. The first kappa shape index (κ1) is 8.57. The quantitative estimate of drug-likeness (QED) is 0.572. The van der Waals surface area contributed by atoms with Crippen LogP contribution >= 0.6 is 0 Å². The van der Waals surface area contributed by atoms with Gasteiger partial charge in [0.15, 0.2) is 0 Å². The summed E-state index contributed by atoms with van der Waals surface area (Å²) in [5.41, 5.74) is 0. The number of rotatable bonds is 2. The van der Waals surface area contributed by atoms with Gasteiger partial charge in [-0.3, -0.25) is 4.79 Å². The molecule has 2 heteroatoms. The predicted molar refractivity (Wildman–Crippen MR) is 43.2 cm³/mol. The number of ether oxygens (including phenoxy) is 1. The van der Waals surface area contributed by atoms with Gasteiger partial charge in [-0.05, 0) is 18.8 Å². The van der Waals surface area contributed by atoms with Crippen LogP contribution in [0.2, 0.25) is 0 Å². The van der Waals surface area contributed by atoms with E-state index >= 15 is 0 Å². The maximum Gasteiger partial charge on any atom is 0.306 e. The minimum atomic E-state index is -0.0125. The molecule has 1 heterocycles. The monoisotopic (exact) mass is 156 g/mol. The topological polar surface area (TPSA) is 26.3 Å². The third-order valence-corrected chi connectivity index (χ3v) is 2.29. The number of esters is 1. The first-order valence-electron chi connectivity index (χ1n) is 4.43. The van der Waals surface area contributed by atoms with Crippen LogP contribution < -0.4 is 0 Å². The highest BCUT2D eigenvalue weighted by molar-refractivity contribution is 5.70. The zero-order chi connectivity index (χ0) is 8.27. The summed E-state index contributed by atoms with van der Waals surface area (Å²) in [5, 5.41) is 0. The molecule has 0 aromatic carbocycles. The summed E-state index contributed by atoms with van der Waals surface area (Å²) in [6, 6.07) is 0. The maximum atomic E-state index is 10.9. The summed E-state index contributed by atoms with van der Waals surface area (Å²) in [6.45, 7) is 4.28. The van der Waals surface area contributed by atoms with Crippen molar-refractivity contribution in [2.75, 3.05) is 0 Å². The van der Waals surface area contributed by atoms with Gasteiger partial charge in [-0.2, -0.15) is 0 Å². The van der Waals surface area contributed by atoms with Crippen LogP contribution in [0, 0.1) is 5.92 Å². The Morgan fingerprint density at radius 3 is 3.00 bits per heavy atom. The average molecular weight is 156 g/mol. The van der Waals surface area contributed by atoms with Crippen LogP contribution in [-0.2, 0) is 9.53 Å². The molecule has 0 spiro atoms. The van der Waals surface area contributed by atoms with Gasteiger partial charge >= 0.3 is 5.97 Å². The summed E-state index contributed by atoms with van der Waals surface area (Å²) in [6.07, 6.45) is 3.93. The molecule has 2 nitrogen and oxygen atoms in total. The van der Waals surface area contributed by atoms with E-state index in [9.17, 15) is 4.79 Å². The minimum Gasteiger partial charge on any atom is -0.462 e.